The van der Waals surface area contributed by atoms with Gasteiger partial charge in [0.1, 0.15) is 6.04 Å². The van der Waals surface area contributed by atoms with Gasteiger partial charge in [0, 0.05) is 41.4 Å². The predicted molar refractivity (Wildman–Crippen MR) is 171 cm³/mol. The van der Waals surface area contributed by atoms with Crippen molar-refractivity contribution in [1.29, 1.82) is 0 Å². The van der Waals surface area contributed by atoms with E-state index in [4.69, 9.17) is 4.74 Å². The van der Waals surface area contributed by atoms with E-state index < -0.39 is 33.5 Å². The van der Waals surface area contributed by atoms with Crippen molar-refractivity contribution in [2.24, 2.45) is 4.36 Å². The van der Waals surface area contributed by atoms with Crippen LogP contribution in [0.2, 0.25) is 0 Å². The summed E-state index contributed by atoms with van der Waals surface area (Å²) in [6, 6.07) is 31.3. The molecule has 0 radical (unpaired) electrons. The average molecular weight is 596 g/mol. The molecule has 1 aliphatic rings. The van der Waals surface area contributed by atoms with Crippen LogP contribution in [-0.4, -0.2) is 46.0 Å². The standard InChI is InChI=1S/C35H37N3O4S/c1-35(2,3)37-43(5,41)26-21-19-25(20-22-26)36-33(39)31(23-24-13-7-6-8-14-24)38(4)34(40)42-32-29-17-11-9-15-27(29)28-16-10-12-18-30(28)32/h6-22,31-32H,23H2,1-5H3,(H,36,39)/t31-,43?/m0/s1. The highest BCUT2D eigenvalue weighted by molar-refractivity contribution is 7.93. The molecule has 0 aromatic heterocycles. The molecular formula is C35H37N3O4S. The lowest BCUT2D eigenvalue weighted by atomic mass is 10.0. The Bertz CT molecular complexity index is 1710. The Hall–Kier alpha value is -4.43. The fourth-order valence-electron chi connectivity index (χ4n) is 5.38. The van der Waals surface area contributed by atoms with Crippen LogP contribution in [0.15, 0.2) is 112 Å². The van der Waals surface area contributed by atoms with Gasteiger partial charge in [0.05, 0.1) is 15.3 Å². The smallest absolute Gasteiger partial charge is 0.411 e. The van der Waals surface area contributed by atoms with Gasteiger partial charge in [-0.15, -0.1) is 0 Å². The molecule has 4 aromatic carbocycles. The third-order valence-corrected chi connectivity index (χ3v) is 9.38. The summed E-state index contributed by atoms with van der Waals surface area (Å²) in [5, 5.41) is 2.94. The number of likely N-dealkylation sites (N-methyl/N-ethyl adjacent to an activating group) is 1. The van der Waals surface area contributed by atoms with Gasteiger partial charge < -0.3 is 10.1 Å². The van der Waals surface area contributed by atoms with E-state index in [-0.39, 0.29) is 5.91 Å². The lowest BCUT2D eigenvalue weighted by Gasteiger charge is -2.28. The van der Waals surface area contributed by atoms with Gasteiger partial charge in [0.2, 0.25) is 5.91 Å². The van der Waals surface area contributed by atoms with E-state index in [1.54, 1.807) is 37.6 Å². The first-order valence-electron chi connectivity index (χ1n) is 14.2. The Morgan fingerprint density at radius 3 is 1.95 bits per heavy atom. The summed E-state index contributed by atoms with van der Waals surface area (Å²) in [5.74, 6) is -0.361. The molecule has 1 aliphatic carbocycles. The first-order valence-corrected chi connectivity index (χ1v) is 16.2. The number of amides is 2. The predicted octanol–water partition coefficient (Wildman–Crippen LogP) is 7.33. The SMILES string of the molecule is CN(C(=O)OC1c2ccccc2-c2ccccc21)[C@@H](Cc1ccccc1)C(=O)Nc1ccc(S(C)(=O)=NC(C)(C)C)cc1. The summed E-state index contributed by atoms with van der Waals surface area (Å²) in [7, 11) is -1.02. The minimum Gasteiger partial charge on any atom is -0.436 e. The zero-order chi connectivity index (χ0) is 30.8. The molecule has 0 heterocycles. The highest BCUT2D eigenvalue weighted by atomic mass is 32.2. The second kappa shape index (κ2) is 12.1. The maximum Gasteiger partial charge on any atom is 0.411 e. The maximum atomic E-state index is 13.7. The number of ether oxygens (including phenoxy) is 1. The number of carbonyl (C=O) groups is 2. The number of fused-ring (bicyclic) bond motifs is 3. The molecule has 5 rings (SSSR count). The number of benzene rings is 4. The van der Waals surface area contributed by atoms with Crippen LogP contribution in [0.25, 0.3) is 11.1 Å². The molecule has 0 saturated carbocycles. The molecule has 1 unspecified atom stereocenters. The third-order valence-electron chi connectivity index (χ3n) is 7.33. The monoisotopic (exact) mass is 595 g/mol. The fourth-order valence-corrected chi connectivity index (χ4v) is 7.17. The summed E-state index contributed by atoms with van der Waals surface area (Å²) in [4.78, 5) is 29.3. The molecule has 1 N–H and O–H groups in total. The average Bonchev–Trinajstić information content (AvgIpc) is 3.28. The van der Waals surface area contributed by atoms with Crippen LogP contribution in [0, 0.1) is 0 Å². The summed E-state index contributed by atoms with van der Waals surface area (Å²) in [5.41, 5.74) is 4.88. The number of anilines is 1. The Morgan fingerprint density at radius 2 is 1.40 bits per heavy atom. The number of hydrogen-bond acceptors (Lipinski definition) is 5. The van der Waals surface area contributed by atoms with Crippen molar-refractivity contribution in [2.45, 2.75) is 49.8 Å². The summed E-state index contributed by atoms with van der Waals surface area (Å²) >= 11 is 0. The highest BCUT2D eigenvalue weighted by Crippen LogP contribution is 2.45. The molecule has 0 aliphatic heterocycles. The van der Waals surface area contributed by atoms with Crippen molar-refractivity contribution in [3.63, 3.8) is 0 Å². The van der Waals surface area contributed by atoms with Crippen LogP contribution in [0.3, 0.4) is 0 Å². The first-order chi connectivity index (χ1) is 20.4. The molecule has 7 nitrogen and oxygen atoms in total. The molecule has 2 amide bonds. The second-order valence-electron chi connectivity index (χ2n) is 11.8. The van der Waals surface area contributed by atoms with Gasteiger partial charge in [-0.3, -0.25) is 9.69 Å². The number of rotatable bonds is 7. The molecule has 8 heteroatoms. The summed E-state index contributed by atoms with van der Waals surface area (Å²) < 4.78 is 23.8. The van der Waals surface area contributed by atoms with Crippen molar-refractivity contribution in [1.82, 2.24) is 4.90 Å². The van der Waals surface area contributed by atoms with Gasteiger partial charge in [-0.25, -0.2) is 13.4 Å². The van der Waals surface area contributed by atoms with E-state index in [1.165, 1.54) is 4.90 Å². The normalized spacial score (nSPS) is 14.5. The zero-order valence-electron chi connectivity index (χ0n) is 25.1. The van der Waals surface area contributed by atoms with Gasteiger partial charge in [-0.2, -0.15) is 0 Å². The van der Waals surface area contributed by atoms with Crippen LogP contribution in [0.1, 0.15) is 43.6 Å². The Kier molecular flexibility index (Phi) is 8.42. The molecule has 222 valence electrons. The van der Waals surface area contributed by atoms with Crippen LogP contribution in [-0.2, 0) is 25.7 Å². The van der Waals surface area contributed by atoms with E-state index in [0.29, 0.717) is 17.0 Å². The number of nitrogens with zero attached hydrogens (tertiary/aromatic N) is 2. The van der Waals surface area contributed by atoms with Crippen molar-refractivity contribution in [3.05, 3.63) is 120 Å². The summed E-state index contributed by atoms with van der Waals surface area (Å²) in [6.45, 7) is 5.72. The van der Waals surface area contributed by atoms with E-state index >= 15 is 0 Å². The van der Waals surface area contributed by atoms with E-state index in [9.17, 15) is 13.8 Å². The number of hydrogen-bond donors (Lipinski definition) is 1. The maximum absolute atomic E-state index is 13.7. The van der Waals surface area contributed by atoms with Gasteiger partial charge in [-0.05, 0) is 61.7 Å². The highest BCUT2D eigenvalue weighted by Gasteiger charge is 2.35. The van der Waals surface area contributed by atoms with Crippen molar-refractivity contribution in [3.8, 4) is 11.1 Å². The van der Waals surface area contributed by atoms with Crippen molar-refractivity contribution in [2.75, 3.05) is 18.6 Å². The molecule has 43 heavy (non-hydrogen) atoms. The molecule has 0 bridgehead atoms. The summed E-state index contributed by atoms with van der Waals surface area (Å²) in [6.07, 6.45) is 0.737. The van der Waals surface area contributed by atoms with Crippen LogP contribution >= 0.6 is 0 Å². The third kappa shape index (κ3) is 6.81. The lowest BCUT2D eigenvalue weighted by Crippen LogP contribution is -2.47. The Balaban J connectivity index is 1.38. The fraction of sp³-hybridized carbons (Fsp3) is 0.257. The molecule has 0 fully saturated rings. The number of carbonyl (C=O) groups excluding carboxylic acids is 2. The lowest BCUT2D eigenvalue weighted by molar-refractivity contribution is -0.120. The molecular weight excluding hydrogens is 558 g/mol. The second-order valence-corrected chi connectivity index (χ2v) is 14.1. The van der Waals surface area contributed by atoms with Crippen molar-refractivity contribution < 1.29 is 18.5 Å². The van der Waals surface area contributed by atoms with Gasteiger partial charge in [-0.1, -0.05) is 78.9 Å². The molecule has 0 spiro atoms. The van der Waals surface area contributed by atoms with Gasteiger partial charge in [0.25, 0.3) is 0 Å². The molecule has 0 saturated heterocycles. The van der Waals surface area contributed by atoms with Gasteiger partial charge >= 0.3 is 6.09 Å². The van der Waals surface area contributed by atoms with Crippen molar-refractivity contribution >= 4 is 27.4 Å². The first kappa shape index (κ1) is 30.0. The van der Waals surface area contributed by atoms with E-state index in [1.807, 2.05) is 99.6 Å². The Labute approximate surface area is 254 Å². The topological polar surface area (TPSA) is 88.1 Å². The number of nitrogens with one attached hydrogen (secondary N) is 1. The largest absolute Gasteiger partial charge is 0.436 e. The van der Waals surface area contributed by atoms with Crippen LogP contribution in [0.4, 0.5) is 10.5 Å². The molecule has 2 atom stereocenters. The minimum atomic E-state index is -2.61. The van der Waals surface area contributed by atoms with Crippen LogP contribution < -0.4 is 5.32 Å². The quantitative estimate of drug-likeness (QED) is 0.242. The molecule has 4 aromatic rings. The van der Waals surface area contributed by atoms with E-state index in [0.717, 1.165) is 27.8 Å². The zero-order valence-corrected chi connectivity index (χ0v) is 25.9. The van der Waals surface area contributed by atoms with E-state index in [2.05, 4.69) is 9.68 Å². The van der Waals surface area contributed by atoms with Gasteiger partial charge in [0.15, 0.2) is 6.10 Å². The Morgan fingerprint density at radius 1 is 0.860 bits per heavy atom. The minimum absolute atomic E-state index is 0.293. The van der Waals surface area contributed by atoms with Crippen LogP contribution in [0.5, 0.6) is 0 Å².